The lowest BCUT2D eigenvalue weighted by atomic mass is 10.1. The maximum Gasteiger partial charge on any atom is 0.225 e. The molecule has 0 fully saturated rings. The van der Waals surface area contributed by atoms with E-state index in [0.29, 0.717) is 0 Å². The average molecular weight is 263 g/mol. The molecule has 18 heavy (non-hydrogen) atoms. The van der Waals surface area contributed by atoms with Crippen LogP contribution in [0.4, 0.5) is 5.69 Å². The van der Waals surface area contributed by atoms with E-state index in [-0.39, 0.29) is 6.61 Å². The Balaban J connectivity index is 2.23. The first-order valence-corrected chi connectivity index (χ1v) is 6.92. The predicted octanol–water partition coefficient (Wildman–Crippen LogP) is 1.82. The van der Waals surface area contributed by atoms with Gasteiger partial charge in [-0.3, -0.25) is 0 Å². The molecule has 3 N–H and O–H groups in total. The van der Waals surface area contributed by atoms with Crippen molar-refractivity contribution in [2.45, 2.75) is 26.8 Å². The van der Waals surface area contributed by atoms with Crippen LogP contribution in [0.5, 0.6) is 0 Å². The first-order valence-electron chi connectivity index (χ1n) is 6.04. The van der Waals surface area contributed by atoms with E-state index in [2.05, 4.69) is 29.1 Å². The summed E-state index contributed by atoms with van der Waals surface area (Å²) in [4.78, 5) is 1.24. The Hall–Kier alpha value is -1.39. The van der Waals surface area contributed by atoms with Crippen molar-refractivity contribution in [3.63, 3.8) is 0 Å². The van der Waals surface area contributed by atoms with E-state index in [1.54, 1.807) is 11.3 Å². The normalized spacial score (nSPS) is 10.8. The Labute approximate surface area is 112 Å². The van der Waals surface area contributed by atoms with Crippen molar-refractivity contribution in [1.29, 1.82) is 0 Å². The van der Waals surface area contributed by atoms with E-state index in [1.165, 1.54) is 16.1 Å². The second-order valence-corrected chi connectivity index (χ2v) is 5.47. The highest BCUT2D eigenvalue weighted by Gasteiger charge is 2.16. The van der Waals surface area contributed by atoms with Gasteiger partial charge in [-0.1, -0.05) is 23.5 Å². The molecule has 1 heterocycles. The summed E-state index contributed by atoms with van der Waals surface area (Å²) in [5, 5.41) is 9.00. The maximum absolute atomic E-state index is 9.00. The van der Waals surface area contributed by atoms with E-state index < -0.39 is 0 Å². The zero-order valence-electron chi connectivity index (χ0n) is 10.8. The van der Waals surface area contributed by atoms with Crippen molar-refractivity contribution in [2.24, 2.45) is 0 Å². The minimum absolute atomic E-state index is 0.202. The highest BCUT2D eigenvalue weighted by molar-refractivity contribution is 7.09. The molecule has 4 heteroatoms. The summed E-state index contributed by atoms with van der Waals surface area (Å²) < 4.78 is 2.19. The number of thiazole rings is 1. The topological polar surface area (TPSA) is 50.1 Å². The third-order valence-electron chi connectivity index (χ3n) is 3.14. The standard InChI is InChI=1S/C14H19N2OS/c1-10-3-4-12(13(15)7-10)8-16-9-18-14(5-6-17)11(16)2/h3-4,7,9,17H,5-6,8,15H2,1-2H3/q+1. The number of aromatic nitrogens is 1. The third-order valence-corrected chi connectivity index (χ3v) is 4.28. The molecule has 0 saturated heterocycles. The number of benzene rings is 1. The van der Waals surface area contributed by atoms with Gasteiger partial charge in [-0.25, -0.2) is 0 Å². The Morgan fingerprint density at radius 3 is 2.78 bits per heavy atom. The Bertz CT molecular complexity index is 549. The molecule has 1 aromatic carbocycles. The molecular formula is C14H19N2OS+. The number of aryl methyl sites for hydroxylation is 1. The minimum Gasteiger partial charge on any atom is -0.398 e. The molecule has 0 saturated carbocycles. The summed E-state index contributed by atoms with van der Waals surface area (Å²) in [6.45, 7) is 5.13. The zero-order valence-corrected chi connectivity index (χ0v) is 11.6. The molecule has 0 aliphatic heterocycles. The quantitative estimate of drug-likeness (QED) is 0.653. The molecule has 1 aromatic heterocycles. The number of aliphatic hydroxyl groups is 1. The Morgan fingerprint density at radius 2 is 2.11 bits per heavy atom. The molecule has 0 aliphatic rings. The van der Waals surface area contributed by atoms with E-state index in [0.717, 1.165) is 24.2 Å². The summed E-state index contributed by atoms with van der Waals surface area (Å²) >= 11 is 1.69. The fourth-order valence-electron chi connectivity index (χ4n) is 1.99. The van der Waals surface area contributed by atoms with Gasteiger partial charge in [0.05, 0.1) is 4.88 Å². The molecule has 0 spiro atoms. The number of anilines is 1. The van der Waals surface area contributed by atoms with Gasteiger partial charge >= 0.3 is 0 Å². The van der Waals surface area contributed by atoms with Gasteiger partial charge in [-0.2, -0.15) is 4.57 Å². The van der Waals surface area contributed by atoms with Gasteiger partial charge in [0, 0.05) is 31.2 Å². The monoisotopic (exact) mass is 263 g/mol. The van der Waals surface area contributed by atoms with Crippen LogP contribution >= 0.6 is 11.3 Å². The maximum atomic E-state index is 9.00. The van der Waals surface area contributed by atoms with Gasteiger partial charge in [-0.05, 0) is 18.6 Å². The summed E-state index contributed by atoms with van der Waals surface area (Å²) in [5.74, 6) is 0. The van der Waals surface area contributed by atoms with Crippen molar-refractivity contribution < 1.29 is 9.67 Å². The first kappa shape index (κ1) is 13.1. The van der Waals surface area contributed by atoms with E-state index >= 15 is 0 Å². The van der Waals surface area contributed by atoms with Crippen LogP contribution in [0, 0.1) is 13.8 Å². The lowest BCUT2D eigenvalue weighted by Gasteiger charge is -2.03. The molecule has 96 valence electrons. The van der Waals surface area contributed by atoms with Crippen molar-refractivity contribution in [3.05, 3.63) is 45.4 Å². The van der Waals surface area contributed by atoms with E-state index in [4.69, 9.17) is 10.8 Å². The molecule has 0 bridgehead atoms. The van der Waals surface area contributed by atoms with Crippen LogP contribution in [0.1, 0.15) is 21.7 Å². The third kappa shape index (κ3) is 2.71. The molecule has 0 amide bonds. The molecule has 0 aliphatic carbocycles. The summed E-state index contributed by atoms with van der Waals surface area (Å²) in [6, 6.07) is 6.18. The van der Waals surface area contributed by atoms with Gasteiger partial charge in [-0.15, -0.1) is 0 Å². The fraction of sp³-hybridized carbons (Fsp3) is 0.357. The molecular weight excluding hydrogens is 244 g/mol. The van der Waals surface area contributed by atoms with Gasteiger partial charge < -0.3 is 10.8 Å². The number of aliphatic hydroxyl groups excluding tert-OH is 1. The van der Waals surface area contributed by atoms with Crippen LogP contribution in [0.3, 0.4) is 0 Å². The van der Waals surface area contributed by atoms with E-state index in [9.17, 15) is 0 Å². The van der Waals surface area contributed by atoms with Crippen LogP contribution in [0.2, 0.25) is 0 Å². The number of nitrogens with zero attached hydrogens (tertiary/aromatic N) is 1. The lowest BCUT2D eigenvalue weighted by Crippen LogP contribution is -2.35. The van der Waals surface area contributed by atoms with Crippen molar-refractivity contribution in [3.8, 4) is 0 Å². The second-order valence-electron chi connectivity index (χ2n) is 4.54. The Kier molecular flexibility index (Phi) is 3.99. The summed E-state index contributed by atoms with van der Waals surface area (Å²) in [6.07, 6.45) is 0.729. The number of hydrogen-bond acceptors (Lipinski definition) is 3. The van der Waals surface area contributed by atoms with Gasteiger partial charge in [0.2, 0.25) is 5.51 Å². The number of hydrogen-bond donors (Lipinski definition) is 2. The van der Waals surface area contributed by atoms with Crippen molar-refractivity contribution in [2.75, 3.05) is 12.3 Å². The summed E-state index contributed by atoms with van der Waals surface area (Å²) in [5.41, 5.74) is 12.5. The average Bonchev–Trinajstić information content (AvgIpc) is 2.66. The highest BCUT2D eigenvalue weighted by Crippen LogP contribution is 2.16. The molecule has 0 radical (unpaired) electrons. The van der Waals surface area contributed by atoms with Gasteiger partial charge in [0.25, 0.3) is 0 Å². The molecule has 3 nitrogen and oxygen atoms in total. The van der Waals surface area contributed by atoms with Gasteiger partial charge in [0.1, 0.15) is 0 Å². The highest BCUT2D eigenvalue weighted by atomic mass is 32.1. The lowest BCUT2D eigenvalue weighted by molar-refractivity contribution is -0.689. The number of nitrogens with two attached hydrogens (primary N) is 1. The van der Waals surface area contributed by atoms with Crippen LogP contribution < -0.4 is 10.3 Å². The minimum atomic E-state index is 0.202. The summed E-state index contributed by atoms with van der Waals surface area (Å²) in [7, 11) is 0. The largest absolute Gasteiger partial charge is 0.398 e. The van der Waals surface area contributed by atoms with Crippen molar-refractivity contribution >= 4 is 17.0 Å². The smallest absolute Gasteiger partial charge is 0.225 e. The second kappa shape index (κ2) is 5.50. The number of rotatable bonds is 4. The predicted molar refractivity (Wildman–Crippen MR) is 74.7 cm³/mol. The fourth-order valence-corrected chi connectivity index (χ4v) is 2.97. The van der Waals surface area contributed by atoms with Crippen molar-refractivity contribution in [1.82, 2.24) is 0 Å². The number of nitrogen functional groups attached to an aromatic ring is 1. The SMILES string of the molecule is Cc1ccc(C[n+]2csc(CCO)c2C)c(N)c1. The van der Waals surface area contributed by atoms with Gasteiger partial charge in [0.15, 0.2) is 12.2 Å². The van der Waals surface area contributed by atoms with Crippen LogP contribution in [-0.2, 0) is 13.0 Å². The molecule has 2 aromatic rings. The van der Waals surface area contributed by atoms with E-state index in [1.807, 2.05) is 13.0 Å². The van der Waals surface area contributed by atoms with Crippen LogP contribution in [0.15, 0.2) is 23.7 Å². The van der Waals surface area contributed by atoms with Crippen LogP contribution in [0.25, 0.3) is 0 Å². The molecule has 0 unspecified atom stereocenters. The Morgan fingerprint density at radius 1 is 1.33 bits per heavy atom. The molecule has 0 atom stereocenters. The van der Waals surface area contributed by atoms with Crippen LogP contribution in [-0.4, -0.2) is 11.7 Å². The molecule has 2 rings (SSSR count). The zero-order chi connectivity index (χ0) is 13.1. The first-order chi connectivity index (χ1) is 8.61.